The first-order valence-corrected chi connectivity index (χ1v) is 9.06. The van der Waals surface area contributed by atoms with Gasteiger partial charge in [0.25, 0.3) is 5.91 Å². The van der Waals surface area contributed by atoms with Crippen LogP contribution in [0.1, 0.15) is 10.4 Å². The lowest BCUT2D eigenvalue weighted by molar-refractivity contribution is 0.0398. The number of carbonyl (C=O) groups is 1. The Morgan fingerprint density at radius 1 is 1.15 bits per heavy atom. The lowest BCUT2D eigenvalue weighted by atomic mass is 10.2. The summed E-state index contributed by atoms with van der Waals surface area (Å²) in [6.45, 7) is 5.16. The van der Waals surface area contributed by atoms with Crippen LogP contribution in [0.25, 0.3) is 0 Å². The Morgan fingerprint density at radius 2 is 1.81 bits per heavy atom. The third-order valence-electron chi connectivity index (χ3n) is 4.37. The summed E-state index contributed by atoms with van der Waals surface area (Å²) in [5.41, 5.74) is 2.23. The predicted molar refractivity (Wildman–Crippen MR) is 107 cm³/mol. The number of nitrogens with one attached hydrogen (secondary N) is 2. The Balaban J connectivity index is 1.47. The van der Waals surface area contributed by atoms with Gasteiger partial charge >= 0.3 is 0 Å². The van der Waals surface area contributed by atoms with Gasteiger partial charge in [0.05, 0.1) is 18.8 Å². The van der Waals surface area contributed by atoms with Crippen molar-refractivity contribution in [1.82, 2.24) is 14.9 Å². The number of rotatable bonds is 7. The first-order valence-electron chi connectivity index (χ1n) is 9.06. The van der Waals surface area contributed by atoms with Gasteiger partial charge in [-0.3, -0.25) is 9.69 Å². The second kappa shape index (κ2) is 9.29. The van der Waals surface area contributed by atoms with E-state index in [1.165, 1.54) is 12.4 Å². The summed E-state index contributed by atoms with van der Waals surface area (Å²) < 4.78 is 5.33. The molecule has 0 atom stereocenters. The Morgan fingerprint density at radius 3 is 2.44 bits per heavy atom. The Labute approximate surface area is 159 Å². The topological polar surface area (TPSA) is 82.6 Å². The zero-order chi connectivity index (χ0) is 19.1. The fraction of sp³-hybridized carbons (Fsp3) is 0.421. The van der Waals surface area contributed by atoms with Gasteiger partial charge < -0.3 is 20.3 Å². The molecule has 0 unspecified atom stereocenters. The van der Waals surface area contributed by atoms with Crippen molar-refractivity contribution in [3.8, 4) is 0 Å². The molecule has 0 spiro atoms. The highest BCUT2D eigenvalue weighted by Crippen LogP contribution is 2.16. The SMILES string of the molecule is CN(C)c1ccc(NC(=O)c2cnc(NCCN3CCOCC3)nc2)cc1. The Kier molecular flexibility index (Phi) is 6.56. The number of nitrogens with zero attached hydrogens (tertiary/aromatic N) is 4. The van der Waals surface area contributed by atoms with Gasteiger partial charge in [0.1, 0.15) is 0 Å². The minimum atomic E-state index is -0.229. The fourth-order valence-corrected chi connectivity index (χ4v) is 2.73. The number of amides is 1. The smallest absolute Gasteiger partial charge is 0.258 e. The van der Waals surface area contributed by atoms with Gasteiger partial charge in [-0.1, -0.05) is 0 Å². The molecule has 8 heteroatoms. The number of anilines is 3. The Bertz CT molecular complexity index is 727. The molecule has 1 aliphatic rings. The molecule has 1 aromatic carbocycles. The van der Waals surface area contributed by atoms with Crippen LogP contribution in [0, 0.1) is 0 Å². The molecule has 3 rings (SSSR count). The summed E-state index contributed by atoms with van der Waals surface area (Å²) in [4.78, 5) is 25.1. The highest BCUT2D eigenvalue weighted by molar-refractivity contribution is 6.03. The Hall–Kier alpha value is -2.71. The molecule has 1 aliphatic heterocycles. The largest absolute Gasteiger partial charge is 0.379 e. The maximum atomic E-state index is 12.3. The van der Waals surface area contributed by atoms with Crippen molar-refractivity contribution in [1.29, 1.82) is 0 Å². The van der Waals surface area contributed by atoms with Crippen molar-refractivity contribution in [2.45, 2.75) is 0 Å². The average Bonchev–Trinajstić information content (AvgIpc) is 2.70. The first-order chi connectivity index (χ1) is 13.1. The van der Waals surface area contributed by atoms with Crippen LogP contribution in [0.3, 0.4) is 0 Å². The number of carbonyl (C=O) groups excluding carboxylic acids is 1. The molecule has 2 N–H and O–H groups in total. The second-order valence-electron chi connectivity index (χ2n) is 6.57. The maximum Gasteiger partial charge on any atom is 0.258 e. The zero-order valence-electron chi connectivity index (χ0n) is 15.8. The van der Waals surface area contributed by atoms with Gasteiger partial charge in [-0.2, -0.15) is 0 Å². The quantitative estimate of drug-likeness (QED) is 0.765. The molecule has 0 bridgehead atoms. The van der Waals surface area contributed by atoms with Gasteiger partial charge in [-0.25, -0.2) is 9.97 Å². The minimum absolute atomic E-state index is 0.229. The van der Waals surface area contributed by atoms with Crippen LogP contribution in [-0.4, -0.2) is 74.3 Å². The molecule has 144 valence electrons. The molecule has 8 nitrogen and oxygen atoms in total. The maximum absolute atomic E-state index is 12.3. The molecule has 27 heavy (non-hydrogen) atoms. The summed E-state index contributed by atoms with van der Waals surface area (Å²) in [6.07, 6.45) is 3.07. The summed E-state index contributed by atoms with van der Waals surface area (Å²) >= 11 is 0. The monoisotopic (exact) mass is 370 g/mol. The van der Waals surface area contributed by atoms with Crippen LogP contribution in [0.2, 0.25) is 0 Å². The summed E-state index contributed by atoms with van der Waals surface area (Å²) in [7, 11) is 3.95. The van der Waals surface area contributed by atoms with Crippen molar-refractivity contribution in [3.63, 3.8) is 0 Å². The third kappa shape index (κ3) is 5.63. The van der Waals surface area contributed by atoms with Crippen molar-refractivity contribution in [2.75, 3.05) is 69.0 Å². The van der Waals surface area contributed by atoms with E-state index in [2.05, 4.69) is 25.5 Å². The van der Waals surface area contributed by atoms with Gasteiger partial charge in [0.2, 0.25) is 5.95 Å². The fourth-order valence-electron chi connectivity index (χ4n) is 2.73. The number of aromatic nitrogens is 2. The van der Waals surface area contributed by atoms with E-state index in [9.17, 15) is 4.79 Å². The number of hydrogen-bond donors (Lipinski definition) is 2. The van der Waals surface area contributed by atoms with Crippen molar-refractivity contribution in [3.05, 3.63) is 42.2 Å². The molecular weight excluding hydrogens is 344 g/mol. The highest BCUT2D eigenvalue weighted by Gasteiger charge is 2.10. The average molecular weight is 370 g/mol. The molecule has 0 radical (unpaired) electrons. The van der Waals surface area contributed by atoms with Crippen LogP contribution >= 0.6 is 0 Å². The predicted octanol–water partition coefficient (Wildman–Crippen LogP) is 1.54. The van der Waals surface area contributed by atoms with Crippen LogP contribution in [0.15, 0.2) is 36.7 Å². The summed E-state index contributed by atoms with van der Waals surface area (Å²) in [5.74, 6) is 0.294. The molecule has 2 aromatic rings. The van der Waals surface area contributed by atoms with Gasteiger partial charge in [0.15, 0.2) is 0 Å². The van der Waals surface area contributed by atoms with E-state index >= 15 is 0 Å². The van der Waals surface area contributed by atoms with Gasteiger partial charge in [-0.15, -0.1) is 0 Å². The number of hydrogen-bond acceptors (Lipinski definition) is 7. The minimum Gasteiger partial charge on any atom is -0.379 e. The lowest BCUT2D eigenvalue weighted by Gasteiger charge is -2.26. The van der Waals surface area contributed by atoms with Gasteiger partial charge in [0, 0.05) is 64.0 Å². The summed E-state index contributed by atoms with van der Waals surface area (Å²) in [5, 5.41) is 6.04. The zero-order valence-corrected chi connectivity index (χ0v) is 15.8. The van der Waals surface area contributed by atoms with E-state index in [1.807, 2.05) is 43.3 Å². The molecule has 1 fully saturated rings. The van der Waals surface area contributed by atoms with Crippen molar-refractivity contribution < 1.29 is 9.53 Å². The molecule has 0 aliphatic carbocycles. The summed E-state index contributed by atoms with van der Waals surface area (Å²) in [6, 6.07) is 7.65. The lowest BCUT2D eigenvalue weighted by Crippen LogP contribution is -2.39. The molecule has 0 saturated carbocycles. The van der Waals surface area contributed by atoms with E-state index < -0.39 is 0 Å². The van der Waals surface area contributed by atoms with E-state index in [-0.39, 0.29) is 5.91 Å². The van der Waals surface area contributed by atoms with E-state index in [0.29, 0.717) is 11.5 Å². The van der Waals surface area contributed by atoms with Crippen LogP contribution in [0.4, 0.5) is 17.3 Å². The molecule has 2 heterocycles. The van der Waals surface area contributed by atoms with Crippen molar-refractivity contribution >= 4 is 23.2 Å². The number of morpholine rings is 1. The van der Waals surface area contributed by atoms with Crippen LogP contribution in [0.5, 0.6) is 0 Å². The van der Waals surface area contributed by atoms with Crippen LogP contribution < -0.4 is 15.5 Å². The normalized spacial score (nSPS) is 14.6. The second-order valence-corrected chi connectivity index (χ2v) is 6.57. The van der Waals surface area contributed by atoms with Gasteiger partial charge in [-0.05, 0) is 24.3 Å². The molecule has 1 amide bonds. The first kappa shape index (κ1) is 19.1. The van der Waals surface area contributed by atoms with E-state index in [1.54, 1.807) is 0 Å². The van der Waals surface area contributed by atoms with E-state index in [0.717, 1.165) is 50.8 Å². The van der Waals surface area contributed by atoms with Crippen molar-refractivity contribution in [2.24, 2.45) is 0 Å². The molecule has 1 aromatic heterocycles. The van der Waals surface area contributed by atoms with E-state index in [4.69, 9.17) is 4.74 Å². The standard InChI is InChI=1S/C19H26N6O2/c1-24(2)17-5-3-16(4-6-17)23-18(26)15-13-21-19(22-14-15)20-7-8-25-9-11-27-12-10-25/h3-6,13-14H,7-12H2,1-2H3,(H,23,26)(H,20,21,22). The van der Waals surface area contributed by atoms with Crippen LogP contribution in [-0.2, 0) is 4.74 Å². The highest BCUT2D eigenvalue weighted by atomic mass is 16.5. The molecular formula is C19H26N6O2. The number of ether oxygens (including phenoxy) is 1. The third-order valence-corrected chi connectivity index (χ3v) is 4.37. The number of benzene rings is 1. The molecule has 1 saturated heterocycles.